The molecule has 1 aliphatic carbocycles. The molecule has 1 saturated carbocycles. The Kier molecular flexibility index (Phi) is 4.38. The van der Waals surface area contributed by atoms with Crippen molar-refractivity contribution in [1.29, 1.82) is 5.26 Å². The van der Waals surface area contributed by atoms with Gasteiger partial charge in [-0.25, -0.2) is 0 Å². The fraction of sp³-hybridized carbons (Fsp3) is 0.611. The zero-order valence-electron chi connectivity index (χ0n) is 12.9. The van der Waals surface area contributed by atoms with E-state index >= 15 is 0 Å². The minimum absolute atomic E-state index is 0.373. The number of nitriles is 1. The van der Waals surface area contributed by atoms with E-state index in [1.165, 1.54) is 6.42 Å². The Hall–Kier alpha value is -1.49. The Labute approximate surface area is 123 Å². The van der Waals surface area contributed by atoms with Crippen LogP contribution in [-0.4, -0.2) is 5.54 Å². The lowest BCUT2D eigenvalue weighted by Gasteiger charge is -2.42. The number of nitrogens with zero attached hydrogens (tertiary/aromatic N) is 1. The number of anilines is 1. The van der Waals surface area contributed by atoms with E-state index in [1.54, 1.807) is 0 Å². The molecule has 0 atom stereocenters. The fourth-order valence-corrected chi connectivity index (χ4v) is 3.24. The highest BCUT2D eigenvalue weighted by molar-refractivity contribution is 5.47. The van der Waals surface area contributed by atoms with Gasteiger partial charge in [-0.05, 0) is 49.1 Å². The lowest BCUT2D eigenvalue weighted by atomic mass is 9.66. The SMILES string of the molecule is CCC(C)(C)C1CCC(C#N)(Nc2ccccc2)CC1. The lowest BCUT2D eigenvalue weighted by molar-refractivity contribution is 0.135. The van der Waals surface area contributed by atoms with Crippen LogP contribution in [-0.2, 0) is 0 Å². The molecular weight excluding hydrogens is 244 g/mol. The lowest BCUT2D eigenvalue weighted by Crippen LogP contribution is -2.43. The van der Waals surface area contributed by atoms with Gasteiger partial charge in [-0.15, -0.1) is 0 Å². The van der Waals surface area contributed by atoms with Crippen molar-refractivity contribution < 1.29 is 0 Å². The zero-order chi connectivity index (χ0) is 14.6. The van der Waals surface area contributed by atoms with Gasteiger partial charge in [0.25, 0.3) is 0 Å². The van der Waals surface area contributed by atoms with E-state index < -0.39 is 0 Å². The quantitative estimate of drug-likeness (QED) is 0.836. The molecule has 1 aliphatic rings. The summed E-state index contributed by atoms with van der Waals surface area (Å²) in [4.78, 5) is 0. The number of rotatable bonds is 4. The molecule has 0 heterocycles. The summed E-state index contributed by atoms with van der Waals surface area (Å²) in [7, 11) is 0. The predicted molar refractivity (Wildman–Crippen MR) is 84.4 cm³/mol. The van der Waals surface area contributed by atoms with Crippen LogP contribution < -0.4 is 5.32 Å². The molecule has 1 aromatic rings. The molecule has 1 fully saturated rings. The van der Waals surface area contributed by atoms with Crippen molar-refractivity contribution in [3.63, 3.8) is 0 Å². The van der Waals surface area contributed by atoms with Crippen LogP contribution in [0, 0.1) is 22.7 Å². The van der Waals surface area contributed by atoms with E-state index in [1.807, 2.05) is 30.3 Å². The molecule has 1 N–H and O–H groups in total. The predicted octanol–water partition coefficient (Wildman–Crippen LogP) is 4.99. The summed E-state index contributed by atoms with van der Waals surface area (Å²) in [6.45, 7) is 7.00. The minimum Gasteiger partial charge on any atom is -0.367 e. The zero-order valence-corrected chi connectivity index (χ0v) is 12.9. The Morgan fingerprint density at radius 1 is 1.25 bits per heavy atom. The number of nitrogens with one attached hydrogen (secondary N) is 1. The first kappa shape index (κ1) is 14.9. The molecule has 0 saturated heterocycles. The molecule has 1 aromatic carbocycles. The smallest absolute Gasteiger partial charge is 0.125 e. The summed E-state index contributed by atoms with van der Waals surface area (Å²) in [6.07, 6.45) is 5.41. The van der Waals surface area contributed by atoms with Gasteiger partial charge in [0.05, 0.1) is 6.07 Å². The monoisotopic (exact) mass is 270 g/mol. The highest BCUT2D eigenvalue weighted by Crippen LogP contribution is 2.44. The molecule has 2 nitrogen and oxygen atoms in total. The average molecular weight is 270 g/mol. The maximum Gasteiger partial charge on any atom is 0.125 e. The summed E-state index contributed by atoms with van der Waals surface area (Å²) in [6, 6.07) is 12.7. The van der Waals surface area contributed by atoms with Crippen LogP contribution >= 0.6 is 0 Å². The van der Waals surface area contributed by atoms with Crippen LogP contribution in [0.5, 0.6) is 0 Å². The van der Waals surface area contributed by atoms with Crippen molar-refractivity contribution in [2.24, 2.45) is 11.3 Å². The Balaban J connectivity index is 2.04. The molecule has 0 unspecified atom stereocenters. The Morgan fingerprint density at radius 3 is 2.35 bits per heavy atom. The van der Waals surface area contributed by atoms with E-state index in [0.29, 0.717) is 5.41 Å². The highest BCUT2D eigenvalue weighted by atomic mass is 15.0. The molecule has 0 radical (unpaired) electrons. The Bertz CT molecular complexity index is 462. The van der Waals surface area contributed by atoms with Crippen molar-refractivity contribution in [2.75, 3.05) is 5.32 Å². The third kappa shape index (κ3) is 3.15. The van der Waals surface area contributed by atoms with E-state index in [0.717, 1.165) is 37.3 Å². The van der Waals surface area contributed by atoms with E-state index in [4.69, 9.17) is 0 Å². The van der Waals surface area contributed by atoms with Crippen LogP contribution in [0.2, 0.25) is 0 Å². The van der Waals surface area contributed by atoms with Gasteiger partial charge in [-0.1, -0.05) is 45.4 Å². The molecule has 108 valence electrons. The van der Waals surface area contributed by atoms with Crippen LogP contribution in [0.1, 0.15) is 52.9 Å². The third-order valence-electron chi connectivity index (χ3n) is 5.23. The summed E-state index contributed by atoms with van der Waals surface area (Å²) in [5, 5.41) is 13.1. The van der Waals surface area contributed by atoms with Crippen molar-refractivity contribution in [3.8, 4) is 6.07 Å². The molecule has 2 rings (SSSR count). The molecule has 0 spiro atoms. The van der Waals surface area contributed by atoms with E-state index in [2.05, 4.69) is 32.2 Å². The topological polar surface area (TPSA) is 35.8 Å². The molecular formula is C18H26N2. The normalized spacial score (nSPS) is 26.8. The first-order valence-electron chi connectivity index (χ1n) is 7.76. The molecule has 0 bridgehead atoms. The van der Waals surface area contributed by atoms with E-state index in [9.17, 15) is 5.26 Å². The maximum absolute atomic E-state index is 9.64. The minimum atomic E-state index is -0.373. The molecule has 0 aromatic heterocycles. The number of hydrogen-bond acceptors (Lipinski definition) is 2. The standard InChI is InChI=1S/C18H26N2/c1-4-17(2,3)15-10-12-18(14-19,13-11-15)20-16-8-6-5-7-9-16/h5-9,15,20H,4,10-13H2,1-3H3. The van der Waals surface area contributed by atoms with Gasteiger partial charge in [0.2, 0.25) is 0 Å². The van der Waals surface area contributed by atoms with Gasteiger partial charge in [0.1, 0.15) is 5.54 Å². The van der Waals surface area contributed by atoms with Gasteiger partial charge in [-0.3, -0.25) is 0 Å². The summed E-state index contributed by atoms with van der Waals surface area (Å²) < 4.78 is 0. The van der Waals surface area contributed by atoms with Crippen LogP contribution in [0.3, 0.4) is 0 Å². The maximum atomic E-state index is 9.64. The number of hydrogen-bond donors (Lipinski definition) is 1. The van der Waals surface area contributed by atoms with Crippen molar-refractivity contribution in [1.82, 2.24) is 0 Å². The second kappa shape index (κ2) is 5.87. The number of para-hydroxylation sites is 1. The van der Waals surface area contributed by atoms with Crippen molar-refractivity contribution >= 4 is 5.69 Å². The molecule has 2 heteroatoms. The second-order valence-corrected chi connectivity index (χ2v) is 6.80. The van der Waals surface area contributed by atoms with Crippen molar-refractivity contribution in [2.45, 2.75) is 58.4 Å². The number of benzene rings is 1. The van der Waals surface area contributed by atoms with Gasteiger partial charge in [-0.2, -0.15) is 5.26 Å². The third-order valence-corrected chi connectivity index (χ3v) is 5.23. The van der Waals surface area contributed by atoms with Gasteiger partial charge < -0.3 is 5.32 Å². The first-order valence-corrected chi connectivity index (χ1v) is 7.76. The largest absolute Gasteiger partial charge is 0.367 e. The summed E-state index contributed by atoms with van der Waals surface area (Å²) in [5.74, 6) is 0.742. The van der Waals surface area contributed by atoms with Crippen LogP contribution in [0.4, 0.5) is 5.69 Å². The average Bonchev–Trinajstić information content (AvgIpc) is 2.49. The highest BCUT2D eigenvalue weighted by Gasteiger charge is 2.39. The summed E-state index contributed by atoms with van der Waals surface area (Å²) in [5.41, 5.74) is 1.08. The van der Waals surface area contributed by atoms with Gasteiger partial charge in [0.15, 0.2) is 0 Å². The first-order chi connectivity index (χ1) is 9.51. The van der Waals surface area contributed by atoms with E-state index in [-0.39, 0.29) is 5.54 Å². The fourth-order valence-electron chi connectivity index (χ4n) is 3.24. The van der Waals surface area contributed by atoms with Gasteiger partial charge >= 0.3 is 0 Å². The van der Waals surface area contributed by atoms with Gasteiger partial charge in [0, 0.05) is 5.69 Å². The second-order valence-electron chi connectivity index (χ2n) is 6.80. The molecule has 20 heavy (non-hydrogen) atoms. The molecule has 0 aliphatic heterocycles. The van der Waals surface area contributed by atoms with Crippen LogP contribution in [0.25, 0.3) is 0 Å². The van der Waals surface area contributed by atoms with Crippen LogP contribution in [0.15, 0.2) is 30.3 Å². The van der Waals surface area contributed by atoms with Crippen molar-refractivity contribution in [3.05, 3.63) is 30.3 Å². The Morgan fingerprint density at radius 2 is 1.85 bits per heavy atom. The summed E-state index contributed by atoms with van der Waals surface area (Å²) >= 11 is 0. The molecule has 0 amide bonds.